The maximum absolute atomic E-state index is 14.3. The van der Waals surface area contributed by atoms with Crippen LogP contribution in [0.15, 0.2) is 16.9 Å². The molecular weight excluding hydrogens is 274 g/mol. The number of H-pyrrole nitrogens is 1. The zero-order valence-electron chi connectivity index (χ0n) is 12.8. The summed E-state index contributed by atoms with van der Waals surface area (Å²) >= 11 is 0. The standard InChI is InChI=1S/C16H18F2N2O/c1-8-6-7-10(17)11(12(8)18)13-9(2)14(21)20-15(19-13)16(3,4)5/h6-7H,1-5H3,(H,19,20,21). The molecule has 1 N–H and O–H groups in total. The second-order valence-electron chi connectivity index (χ2n) is 6.19. The van der Waals surface area contributed by atoms with Crippen molar-refractivity contribution in [3.63, 3.8) is 0 Å². The number of aromatic nitrogens is 2. The van der Waals surface area contributed by atoms with Crippen LogP contribution in [-0.2, 0) is 5.41 Å². The molecule has 0 bridgehead atoms. The van der Waals surface area contributed by atoms with E-state index in [9.17, 15) is 13.6 Å². The molecule has 0 aliphatic rings. The average molecular weight is 292 g/mol. The molecule has 112 valence electrons. The van der Waals surface area contributed by atoms with Gasteiger partial charge >= 0.3 is 0 Å². The van der Waals surface area contributed by atoms with E-state index in [1.807, 2.05) is 20.8 Å². The summed E-state index contributed by atoms with van der Waals surface area (Å²) in [6, 6.07) is 2.55. The highest BCUT2D eigenvalue weighted by molar-refractivity contribution is 5.65. The van der Waals surface area contributed by atoms with Crippen molar-refractivity contribution < 1.29 is 8.78 Å². The second-order valence-corrected chi connectivity index (χ2v) is 6.19. The Morgan fingerprint density at radius 1 is 1.14 bits per heavy atom. The van der Waals surface area contributed by atoms with E-state index in [2.05, 4.69) is 9.97 Å². The van der Waals surface area contributed by atoms with Crippen molar-refractivity contribution in [3.05, 3.63) is 51.1 Å². The molecule has 0 unspecified atom stereocenters. The lowest BCUT2D eigenvalue weighted by atomic mass is 9.94. The fraction of sp³-hybridized carbons (Fsp3) is 0.375. The highest BCUT2D eigenvalue weighted by atomic mass is 19.1. The second kappa shape index (κ2) is 5.06. The van der Waals surface area contributed by atoms with Gasteiger partial charge in [0.05, 0.1) is 11.3 Å². The van der Waals surface area contributed by atoms with Crippen molar-refractivity contribution in [1.29, 1.82) is 0 Å². The van der Waals surface area contributed by atoms with Gasteiger partial charge in [0.15, 0.2) is 0 Å². The lowest BCUT2D eigenvalue weighted by Crippen LogP contribution is -2.24. The Kier molecular flexibility index (Phi) is 3.70. The molecule has 1 heterocycles. The van der Waals surface area contributed by atoms with Crippen molar-refractivity contribution in [2.24, 2.45) is 0 Å². The topological polar surface area (TPSA) is 45.8 Å². The van der Waals surface area contributed by atoms with Crippen molar-refractivity contribution in [3.8, 4) is 11.3 Å². The molecule has 0 atom stereocenters. The molecule has 2 rings (SSSR count). The van der Waals surface area contributed by atoms with Crippen LogP contribution in [0.25, 0.3) is 11.3 Å². The SMILES string of the molecule is Cc1ccc(F)c(-c2nc(C(C)(C)C)[nH]c(=O)c2C)c1F. The fourth-order valence-corrected chi connectivity index (χ4v) is 2.00. The first-order valence-electron chi connectivity index (χ1n) is 6.69. The van der Waals surface area contributed by atoms with Gasteiger partial charge in [0.2, 0.25) is 0 Å². The van der Waals surface area contributed by atoms with Crippen LogP contribution in [0, 0.1) is 25.5 Å². The third kappa shape index (κ3) is 2.73. The average Bonchev–Trinajstić information content (AvgIpc) is 2.38. The Hall–Kier alpha value is -2.04. The lowest BCUT2D eigenvalue weighted by Gasteiger charge is -2.19. The summed E-state index contributed by atoms with van der Waals surface area (Å²) in [5, 5.41) is 0. The van der Waals surface area contributed by atoms with Gasteiger partial charge in [-0.3, -0.25) is 4.79 Å². The first-order chi connectivity index (χ1) is 9.62. The Labute approximate surface area is 122 Å². The fourth-order valence-electron chi connectivity index (χ4n) is 2.00. The predicted octanol–water partition coefficient (Wildman–Crippen LogP) is 3.63. The summed E-state index contributed by atoms with van der Waals surface area (Å²) in [7, 11) is 0. The number of hydrogen-bond donors (Lipinski definition) is 1. The van der Waals surface area contributed by atoms with E-state index in [-0.39, 0.29) is 22.4 Å². The minimum Gasteiger partial charge on any atom is -0.310 e. The van der Waals surface area contributed by atoms with Crippen molar-refractivity contribution in [1.82, 2.24) is 9.97 Å². The van der Waals surface area contributed by atoms with Gasteiger partial charge in [0.25, 0.3) is 5.56 Å². The van der Waals surface area contributed by atoms with E-state index < -0.39 is 17.0 Å². The lowest BCUT2D eigenvalue weighted by molar-refractivity contribution is 0.540. The van der Waals surface area contributed by atoms with Crippen LogP contribution in [0.4, 0.5) is 8.78 Å². The van der Waals surface area contributed by atoms with Crippen LogP contribution >= 0.6 is 0 Å². The van der Waals surface area contributed by atoms with E-state index in [1.54, 1.807) is 6.92 Å². The summed E-state index contributed by atoms with van der Waals surface area (Å²) in [4.78, 5) is 19.0. The Bertz CT molecular complexity index is 758. The maximum atomic E-state index is 14.3. The van der Waals surface area contributed by atoms with E-state index in [4.69, 9.17) is 0 Å². The molecule has 0 saturated carbocycles. The van der Waals surface area contributed by atoms with Crippen molar-refractivity contribution >= 4 is 0 Å². The zero-order chi connectivity index (χ0) is 15.9. The van der Waals surface area contributed by atoms with E-state index in [1.165, 1.54) is 19.1 Å². The molecule has 0 fully saturated rings. The van der Waals surface area contributed by atoms with Gasteiger partial charge in [-0.2, -0.15) is 0 Å². The minimum atomic E-state index is -0.723. The van der Waals surface area contributed by atoms with Crippen molar-refractivity contribution in [2.75, 3.05) is 0 Å². The number of nitrogens with zero attached hydrogens (tertiary/aromatic N) is 1. The molecule has 0 spiro atoms. The molecule has 0 amide bonds. The summed E-state index contributed by atoms with van der Waals surface area (Å²) in [5.74, 6) is -1.01. The van der Waals surface area contributed by atoms with Crippen LogP contribution in [0.2, 0.25) is 0 Å². The number of halogens is 2. The monoisotopic (exact) mass is 292 g/mol. The van der Waals surface area contributed by atoms with Crippen LogP contribution in [0.3, 0.4) is 0 Å². The van der Waals surface area contributed by atoms with Gasteiger partial charge < -0.3 is 4.98 Å². The van der Waals surface area contributed by atoms with Crippen molar-refractivity contribution in [2.45, 2.75) is 40.0 Å². The van der Waals surface area contributed by atoms with Gasteiger partial charge in [-0.05, 0) is 25.5 Å². The van der Waals surface area contributed by atoms with Gasteiger partial charge in [-0.25, -0.2) is 13.8 Å². The first kappa shape index (κ1) is 15.4. The molecule has 2 aromatic rings. The summed E-state index contributed by atoms with van der Waals surface area (Å²) in [5.41, 5.74) is -0.494. The number of benzene rings is 1. The molecule has 0 aliphatic carbocycles. The molecule has 21 heavy (non-hydrogen) atoms. The smallest absolute Gasteiger partial charge is 0.254 e. The van der Waals surface area contributed by atoms with Crippen LogP contribution in [0.5, 0.6) is 0 Å². The van der Waals surface area contributed by atoms with E-state index in [0.29, 0.717) is 11.4 Å². The number of nitrogens with one attached hydrogen (secondary N) is 1. The summed E-state index contributed by atoms with van der Waals surface area (Å²) in [6.45, 7) is 8.66. The molecular formula is C16H18F2N2O. The minimum absolute atomic E-state index is 0.0578. The third-order valence-corrected chi connectivity index (χ3v) is 3.38. The highest BCUT2D eigenvalue weighted by Gasteiger charge is 2.23. The van der Waals surface area contributed by atoms with Crippen LogP contribution in [0.1, 0.15) is 37.7 Å². The van der Waals surface area contributed by atoms with Gasteiger partial charge in [-0.15, -0.1) is 0 Å². The molecule has 0 saturated heterocycles. The zero-order valence-corrected chi connectivity index (χ0v) is 12.8. The quantitative estimate of drug-likeness (QED) is 0.872. The molecule has 5 heteroatoms. The number of hydrogen-bond acceptors (Lipinski definition) is 2. The highest BCUT2D eigenvalue weighted by Crippen LogP contribution is 2.29. The van der Waals surface area contributed by atoms with Gasteiger partial charge in [0.1, 0.15) is 17.5 Å². The molecule has 1 aromatic carbocycles. The Morgan fingerprint density at radius 3 is 2.33 bits per heavy atom. The van der Waals surface area contributed by atoms with Crippen LogP contribution < -0.4 is 5.56 Å². The van der Waals surface area contributed by atoms with Gasteiger partial charge in [-0.1, -0.05) is 26.8 Å². The maximum Gasteiger partial charge on any atom is 0.254 e. The molecule has 0 radical (unpaired) electrons. The number of aromatic amines is 1. The summed E-state index contributed by atoms with van der Waals surface area (Å²) in [6.07, 6.45) is 0. The first-order valence-corrected chi connectivity index (χ1v) is 6.69. The molecule has 0 aliphatic heterocycles. The largest absolute Gasteiger partial charge is 0.310 e. The predicted molar refractivity (Wildman–Crippen MR) is 78.4 cm³/mol. The third-order valence-electron chi connectivity index (χ3n) is 3.38. The van der Waals surface area contributed by atoms with E-state index in [0.717, 1.165) is 0 Å². The summed E-state index contributed by atoms with van der Waals surface area (Å²) < 4.78 is 28.4. The van der Waals surface area contributed by atoms with Crippen LogP contribution in [-0.4, -0.2) is 9.97 Å². The van der Waals surface area contributed by atoms with Gasteiger partial charge in [0, 0.05) is 11.0 Å². The molecule has 3 nitrogen and oxygen atoms in total. The molecule has 1 aromatic heterocycles. The van der Waals surface area contributed by atoms with E-state index >= 15 is 0 Å². The number of aryl methyl sites for hydroxylation is 1. The number of rotatable bonds is 1. The normalized spacial score (nSPS) is 11.8. The Morgan fingerprint density at radius 2 is 1.76 bits per heavy atom. The Balaban J connectivity index is 2.85.